The number of aliphatic hydroxyl groups is 1. The lowest BCUT2D eigenvalue weighted by molar-refractivity contribution is 0.112. The van der Waals surface area contributed by atoms with Gasteiger partial charge in [0.05, 0.1) is 0 Å². The molecule has 0 aromatic heterocycles. The molecule has 94 valence electrons. The van der Waals surface area contributed by atoms with Gasteiger partial charge >= 0.3 is 0 Å². The van der Waals surface area contributed by atoms with Crippen molar-refractivity contribution in [1.82, 2.24) is 4.90 Å². The Morgan fingerprint density at radius 3 is 2.88 bits per heavy atom. The van der Waals surface area contributed by atoms with Crippen LogP contribution in [0.1, 0.15) is 36.8 Å². The van der Waals surface area contributed by atoms with Crippen LogP contribution in [0.4, 0.5) is 0 Å². The van der Waals surface area contributed by atoms with E-state index >= 15 is 0 Å². The Morgan fingerprint density at radius 1 is 1.29 bits per heavy atom. The SMILES string of the molecule is Cc1ccccc1CN1CCCC[C@H]1CCO. The van der Waals surface area contributed by atoms with Crippen molar-refractivity contribution in [2.24, 2.45) is 0 Å². The molecular formula is C15H23NO. The Morgan fingerprint density at radius 2 is 2.12 bits per heavy atom. The predicted octanol–water partition coefficient (Wildman–Crippen LogP) is 2.73. The molecule has 1 aliphatic heterocycles. The maximum Gasteiger partial charge on any atom is 0.0445 e. The maximum absolute atomic E-state index is 9.13. The molecule has 1 atom stereocenters. The van der Waals surface area contributed by atoms with Crippen LogP contribution >= 0.6 is 0 Å². The van der Waals surface area contributed by atoms with Crippen LogP contribution in [0.25, 0.3) is 0 Å². The van der Waals surface area contributed by atoms with E-state index in [0.29, 0.717) is 12.6 Å². The summed E-state index contributed by atoms with van der Waals surface area (Å²) in [4.78, 5) is 2.54. The lowest BCUT2D eigenvalue weighted by Gasteiger charge is -2.35. The minimum absolute atomic E-state index is 0.314. The zero-order valence-corrected chi connectivity index (χ0v) is 10.7. The zero-order valence-electron chi connectivity index (χ0n) is 10.7. The van der Waals surface area contributed by atoms with Crippen molar-refractivity contribution in [3.05, 3.63) is 35.4 Å². The summed E-state index contributed by atoms with van der Waals surface area (Å²) in [5.74, 6) is 0. The van der Waals surface area contributed by atoms with Gasteiger partial charge in [0.15, 0.2) is 0 Å². The summed E-state index contributed by atoms with van der Waals surface area (Å²) >= 11 is 0. The van der Waals surface area contributed by atoms with Crippen molar-refractivity contribution >= 4 is 0 Å². The number of benzene rings is 1. The fourth-order valence-corrected chi connectivity index (χ4v) is 2.75. The van der Waals surface area contributed by atoms with Crippen molar-refractivity contribution in [2.75, 3.05) is 13.2 Å². The largest absolute Gasteiger partial charge is 0.396 e. The van der Waals surface area contributed by atoms with Gasteiger partial charge in [-0.25, -0.2) is 0 Å². The summed E-state index contributed by atoms with van der Waals surface area (Å²) in [6.07, 6.45) is 4.78. The summed E-state index contributed by atoms with van der Waals surface area (Å²) in [6, 6.07) is 9.20. The Bertz CT molecular complexity index is 349. The average Bonchev–Trinajstić information content (AvgIpc) is 2.35. The van der Waals surface area contributed by atoms with Crippen LogP contribution in [0, 0.1) is 6.92 Å². The molecule has 1 aromatic rings. The molecule has 0 spiro atoms. The molecule has 2 heteroatoms. The van der Waals surface area contributed by atoms with E-state index in [0.717, 1.165) is 13.0 Å². The van der Waals surface area contributed by atoms with Crippen molar-refractivity contribution in [2.45, 2.75) is 45.2 Å². The summed E-state index contributed by atoms with van der Waals surface area (Å²) in [5.41, 5.74) is 2.80. The standard InChI is InChI=1S/C15H23NO/c1-13-6-2-3-7-14(13)12-16-10-5-4-8-15(16)9-11-17/h2-3,6-7,15,17H,4-5,8-12H2,1H3/t15-/m0/s1. The molecule has 0 amide bonds. The molecule has 1 aliphatic rings. The van der Waals surface area contributed by atoms with E-state index in [2.05, 4.69) is 36.1 Å². The number of hydrogen-bond acceptors (Lipinski definition) is 2. The molecular weight excluding hydrogens is 210 g/mol. The number of piperidine rings is 1. The molecule has 17 heavy (non-hydrogen) atoms. The van der Waals surface area contributed by atoms with Gasteiger partial charge < -0.3 is 5.11 Å². The third-order valence-electron chi connectivity index (χ3n) is 3.85. The van der Waals surface area contributed by atoms with Crippen molar-refractivity contribution in [3.63, 3.8) is 0 Å². The lowest BCUT2D eigenvalue weighted by Crippen LogP contribution is -2.39. The van der Waals surface area contributed by atoms with Gasteiger partial charge in [0.25, 0.3) is 0 Å². The minimum atomic E-state index is 0.314. The van der Waals surface area contributed by atoms with Gasteiger partial charge in [0.2, 0.25) is 0 Å². The number of hydrogen-bond donors (Lipinski definition) is 1. The van der Waals surface area contributed by atoms with E-state index in [1.807, 2.05) is 0 Å². The normalized spacial score (nSPS) is 21.6. The van der Waals surface area contributed by atoms with Crippen molar-refractivity contribution < 1.29 is 5.11 Å². The molecule has 1 aromatic carbocycles. The van der Waals surface area contributed by atoms with Crippen LogP contribution in [-0.2, 0) is 6.54 Å². The van der Waals surface area contributed by atoms with Gasteiger partial charge in [-0.15, -0.1) is 0 Å². The molecule has 0 unspecified atom stereocenters. The minimum Gasteiger partial charge on any atom is -0.396 e. The molecule has 2 rings (SSSR count). The van der Waals surface area contributed by atoms with Gasteiger partial charge in [-0.05, 0) is 43.9 Å². The van der Waals surface area contributed by atoms with Crippen LogP contribution in [0.15, 0.2) is 24.3 Å². The highest BCUT2D eigenvalue weighted by molar-refractivity contribution is 5.25. The van der Waals surface area contributed by atoms with E-state index in [-0.39, 0.29) is 0 Å². The zero-order chi connectivity index (χ0) is 12.1. The second-order valence-electron chi connectivity index (χ2n) is 5.06. The molecule has 1 heterocycles. The Hall–Kier alpha value is -0.860. The number of rotatable bonds is 4. The highest BCUT2D eigenvalue weighted by Crippen LogP contribution is 2.22. The quantitative estimate of drug-likeness (QED) is 0.864. The third-order valence-corrected chi connectivity index (χ3v) is 3.85. The predicted molar refractivity (Wildman–Crippen MR) is 70.9 cm³/mol. The number of likely N-dealkylation sites (tertiary alicyclic amines) is 1. The number of aryl methyl sites for hydroxylation is 1. The van der Waals surface area contributed by atoms with Crippen LogP contribution < -0.4 is 0 Å². The third kappa shape index (κ3) is 3.30. The highest BCUT2D eigenvalue weighted by atomic mass is 16.3. The molecule has 1 saturated heterocycles. The first-order chi connectivity index (χ1) is 8.31. The molecule has 0 aliphatic carbocycles. The van der Waals surface area contributed by atoms with Gasteiger partial charge in [0.1, 0.15) is 0 Å². The molecule has 2 nitrogen and oxygen atoms in total. The topological polar surface area (TPSA) is 23.5 Å². The van der Waals surface area contributed by atoms with Crippen LogP contribution in [-0.4, -0.2) is 29.2 Å². The molecule has 1 fully saturated rings. The number of aliphatic hydroxyl groups excluding tert-OH is 1. The van der Waals surface area contributed by atoms with Crippen LogP contribution in [0.3, 0.4) is 0 Å². The fourth-order valence-electron chi connectivity index (χ4n) is 2.75. The first-order valence-electron chi connectivity index (χ1n) is 6.70. The Labute approximate surface area is 104 Å². The van der Waals surface area contributed by atoms with E-state index in [4.69, 9.17) is 5.11 Å². The maximum atomic E-state index is 9.13. The molecule has 1 N–H and O–H groups in total. The van der Waals surface area contributed by atoms with Gasteiger partial charge in [0, 0.05) is 19.2 Å². The monoisotopic (exact) mass is 233 g/mol. The van der Waals surface area contributed by atoms with E-state index in [1.165, 1.54) is 36.9 Å². The first kappa shape index (κ1) is 12.6. The van der Waals surface area contributed by atoms with Crippen molar-refractivity contribution in [1.29, 1.82) is 0 Å². The smallest absolute Gasteiger partial charge is 0.0445 e. The molecule has 0 radical (unpaired) electrons. The van der Waals surface area contributed by atoms with Gasteiger partial charge in [-0.1, -0.05) is 30.7 Å². The molecule has 0 saturated carbocycles. The lowest BCUT2D eigenvalue weighted by atomic mass is 9.98. The van der Waals surface area contributed by atoms with E-state index < -0.39 is 0 Å². The highest BCUT2D eigenvalue weighted by Gasteiger charge is 2.21. The second kappa shape index (κ2) is 6.18. The summed E-state index contributed by atoms with van der Waals surface area (Å²) in [5, 5.41) is 9.13. The van der Waals surface area contributed by atoms with Crippen molar-refractivity contribution in [3.8, 4) is 0 Å². The average molecular weight is 233 g/mol. The Balaban J connectivity index is 2.03. The van der Waals surface area contributed by atoms with E-state index in [9.17, 15) is 0 Å². The summed E-state index contributed by atoms with van der Waals surface area (Å²) < 4.78 is 0. The molecule has 0 bridgehead atoms. The van der Waals surface area contributed by atoms with Crippen LogP contribution in [0.2, 0.25) is 0 Å². The second-order valence-corrected chi connectivity index (χ2v) is 5.06. The first-order valence-corrected chi connectivity index (χ1v) is 6.70. The number of nitrogens with zero attached hydrogens (tertiary/aromatic N) is 1. The van der Waals surface area contributed by atoms with E-state index in [1.54, 1.807) is 0 Å². The Kier molecular flexibility index (Phi) is 4.57. The van der Waals surface area contributed by atoms with Gasteiger partial charge in [-0.2, -0.15) is 0 Å². The summed E-state index contributed by atoms with van der Waals surface area (Å²) in [7, 11) is 0. The van der Waals surface area contributed by atoms with Crippen LogP contribution in [0.5, 0.6) is 0 Å². The fraction of sp³-hybridized carbons (Fsp3) is 0.600. The summed E-state index contributed by atoms with van der Waals surface area (Å²) in [6.45, 7) is 4.71. The van der Waals surface area contributed by atoms with Gasteiger partial charge in [-0.3, -0.25) is 4.90 Å².